The Labute approximate surface area is 88.5 Å². The molecule has 1 rings (SSSR count). The summed E-state index contributed by atoms with van der Waals surface area (Å²) in [4.78, 5) is 0. The molecule has 1 aromatic carbocycles. The van der Waals surface area contributed by atoms with Crippen molar-refractivity contribution in [2.24, 2.45) is 0 Å². The molecule has 0 radical (unpaired) electrons. The molecule has 0 atom stereocenters. The Balaban J connectivity index is 2.23. The minimum Gasteiger partial charge on any atom is -0.508 e. The topological polar surface area (TPSA) is 29.5 Å². The first-order valence-electron chi connectivity index (χ1n) is 4.33. The fourth-order valence-electron chi connectivity index (χ4n) is 0.940. The lowest BCUT2D eigenvalue weighted by molar-refractivity contribution is 0.312. The summed E-state index contributed by atoms with van der Waals surface area (Å²) in [6, 6.07) is 6.63. The van der Waals surface area contributed by atoms with Gasteiger partial charge >= 0.3 is 0 Å². The SMILES string of the molecule is Oc1ccc(OCCCC#CCl)cc1. The maximum Gasteiger partial charge on any atom is 0.119 e. The Bertz CT molecular complexity index is 321. The van der Waals surface area contributed by atoms with Gasteiger partial charge in [0.1, 0.15) is 11.5 Å². The molecule has 0 aliphatic rings. The molecule has 74 valence electrons. The second-order valence-electron chi connectivity index (χ2n) is 2.72. The first-order valence-corrected chi connectivity index (χ1v) is 4.71. The molecule has 0 fully saturated rings. The number of hydrogen-bond acceptors (Lipinski definition) is 2. The Morgan fingerprint density at radius 2 is 2.00 bits per heavy atom. The molecular formula is C11H11ClO2. The first-order chi connectivity index (χ1) is 6.83. The molecule has 3 heteroatoms. The smallest absolute Gasteiger partial charge is 0.119 e. The third kappa shape index (κ3) is 4.06. The maximum atomic E-state index is 9.01. The summed E-state index contributed by atoms with van der Waals surface area (Å²) >= 11 is 5.19. The summed E-state index contributed by atoms with van der Waals surface area (Å²) in [5, 5.41) is 11.3. The van der Waals surface area contributed by atoms with E-state index in [1.807, 2.05) is 0 Å². The number of aromatic hydroxyl groups is 1. The Morgan fingerprint density at radius 1 is 1.29 bits per heavy atom. The molecule has 2 nitrogen and oxygen atoms in total. The molecule has 0 aliphatic carbocycles. The van der Waals surface area contributed by atoms with E-state index in [2.05, 4.69) is 11.3 Å². The normalized spacial score (nSPS) is 8.93. The third-order valence-electron chi connectivity index (χ3n) is 1.62. The van der Waals surface area contributed by atoms with Gasteiger partial charge in [0.2, 0.25) is 0 Å². The van der Waals surface area contributed by atoms with Gasteiger partial charge in [-0.25, -0.2) is 0 Å². The van der Waals surface area contributed by atoms with Crippen LogP contribution in [0.15, 0.2) is 24.3 Å². The van der Waals surface area contributed by atoms with Crippen LogP contribution >= 0.6 is 11.6 Å². The van der Waals surface area contributed by atoms with E-state index in [4.69, 9.17) is 21.4 Å². The maximum absolute atomic E-state index is 9.01. The highest BCUT2D eigenvalue weighted by Gasteiger charge is 1.92. The molecule has 0 bridgehead atoms. The monoisotopic (exact) mass is 210 g/mol. The zero-order valence-electron chi connectivity index (χ0n) is 7.66. The summed E-state index contributed by atoms with van der Waals surface area (Å²) < 4.78 is 5.39. The van der Waals surface area contributed by atoms with Crippen molar-refractivity contribution in [3.05, 3.63) is 24.3 Å². The number of phenols is 1. The minimum atomic E-state index is 0.241. The highest BCUT2D eigenvalue weighted by Crippen LogP contribution is 2.15. The van der Waals surface area contributed by atoms with Gasteiger partial charge in [-0.05, 0) is 42.3 Å². The predicted octanol–water partition coefficient (Wildman–Crippen LogP) is 2.75. The van der Waals surface area contributed by atoms with Crippen molar-refractivity contribution >= 4 is 11.6 Å². The highest BCUT2D eigenvalue weighted by atomic mass is 35.5. The number of halogens is 1. The molecule has 0 spiro atoms. The van der Waals surface area contributed by atoms with Crippen LogP contribution in [0.25, 0.3) is 0 Å². The van der Waals surface area contributed by atoms with Gasteiger partial charge in [-0.1, -0.05) is 5.92 Å². The molecule has 0 aromatic heterocycles. The van der Waals surface area contributed by atoms with Gasteiger partial charge in [0.05, 0.1) is 6.61 Å². The average Bonchev–Trinajstić information content (AvgIpc) is 2.21. The van der Waals surface area contributed by atoms with E-state index in [-0.39, 0.29) is 5.75 Å². The Hall–Kier alpha value is -1.33. The van der Waals surface area contributed by atoms with Crippen LogP contribution in [0, 0.1) is 11.3 Å². The van der Waals surface area contributed by atoms with E-state index in [0.717, 1.165) is 18.6 Å². The van der Waals surface area contributed by atoms with E-state index in [9.17, 15) is 0 Å². The molecule has 14 heavy (non-hydrogen) atoms. The second kappa shape index (κ2) is 6.17. The predicted molar refractivity (Wildman–Crippen MR) is 56.5 cm³/mol. The standard InChI is InChI=1S/C11H11ClO2/c12-8-2-1-3-9-14-11-6-4-10(13)5-7-11/h4-7,13H,1,3,9H2. The van der Waals surface area contributed by atoms with Gasteiger partial charge in [-0.3, -0.25) is 0 Å². The van der Waals surface area contributed by atoms with Gasteiger partial charge in [0, 0.05) is 11.8 Å². The summed E-state index contributed by atoms with van der Waals surface area (Å²) in [5.74, 6) is 3.73. The van der Waals surface area contributed by atoms with Crippen LogP contribution in [0.2, 0.25) is 0 Å². The van der Waals surface area contributed by atoms with Crippen molar-refractivity contribution in [2.75, 3.05) is 6.61 Å². The number of unbranched alkanes of at least 4 members (excludes halogenated alkanes) is 1. The lowest BCUT2D eigenvalue weighted by Crippen LogP contribution is -1.95. The Morgan fingerprint density at radius 3 is 2.64 bits per heavy atom. The quantitative estimate of drug-likeness (QED) is 0.612. The van der Waals surface area contributed by atoms with Crippen LogP contribution < -0.4 is 4.74 Å². The fraction of sp³-hybridized carbons (Fsp3) is 0.273. The van der Waals surface area contributed by atoms with E-state index in [0.29, 0.717) is 6.61 Å². The van der Waals surface area contributed by atoms with Gasteiger partial charge < -0.3 is 9.84 Å². The van der Waals surface area contributed by atoms with Crippen molar-refractivity contribution in [1.82, 2.24) is 0 Å². The van der Waals surface area contributed by atoms with E-state index < -0.39 is 0 Å². The van der Waals surface area contributed by atoms with Crippen molar-refractivity contribution < 1.29 is 9.84 Å². The number of ether oxygens (including phenoxy) is 1. The van der Waals surface area contributed by atoms with Crippen molar-refractivity contribution in [1.29, 1.82) is 0 Å². The van der Waals surface area contributed by atoms with Crippen molar-refractivity contribution in [2.45, 2.75) is 12.8 Å². The van der Waals surface area contributed by atoms with Gasteiger partial charge in [0.15, 0.2) is 0 Å². The summed E-state index contributed by atoms with van der Waals surface area (Å²) in [5.41, 5.74) is 0. The molecule has 0 unspecified atom stereocenters. The second-order valence-corrected chi connectivity index (χ2v) is 2.91. The highest BCUT2D eigenvalue weighted by molar-refractivity contribution is 6.30. The van der Waals surface area contributed by atoms with Crippen molar-refractivity contribution in [3.8, 4) is 22.8 Å². The van der Waals surface area contributed by atoms with Crippen LogP contribution in [0.4, 0.5) is 0 Å². The summed E-state index contributed by atoms with van der Waals surface area (Å²) in [6.45, 7) is 0.607. The molecule has 0 amide bonds. The third-order valence-corrected chi connectivity index (χ3v) is 1.75. The zero-order chi connectivity index (χ0) is 10.2. The fourth-order valence-corrected chi connectivity index (χ4v) is 1.03. The van der Waals surface area contributed by atoms with Crippen LogP contribution in [0.1, 0.15) is 12.8 Å². The molecule has 1 N–H and O–H groups in total. The minimum absolute atomic E-state index is 0.241. The van der Waals surface area contributed by atoms with E-state index in [1.165, 1.54) is 0 Å². The molecular weight excluding hydrogens is 200 g/mol. The zero-order valence-corrected chi connectivity index (χ0v) is 8.42. The van der Waals surface area contributed by atoms with E-state index in [1.54, 1.807) is 24.3 Å². The lowest BCUT2D eigenvalue weighted by Gasteiger charge is -2.03. The lowest BCUT2D eigenvalue weighted by atomic mass is 10.3. The van der Waals surface area contributed by atoms with Crippen LogP contribution in [-0.2, 0) is 0 Å². The molecule has 0 aliphatic heterocycles. The number of benzene rings is 1. The van der Waals surface area contributed by atoms with E-state index >= 15 is 0 Å². The van der Waals surface area contributed by atoms with Crippen molar-refractivity contribution in [3.63, 3.8) is 0 Å². The van der Waals surface area contributed by atoms with Crippen LogP contribution in [0.5, 0.6) is 11.5 Å². The molecule has 1 aromatic rings. The number of rotatable bonds is 4. The van der Waals surface area contributed by atoms with Gasteiger partial charge in [-0.15, -0.1) is 0 Å². The van der Waals surface area contributed by atoms with Crippen LogP contribution in [-0.4, -0.2) is 11.7 Å². The first kappa shape index (κ1) is 10.7. The summed E-state index contributed by atoms with van der Waals surface area (Å²) in [6.07, 6.45) is 1.59. The molecule has 0 saturated heterocycles. The summed E-state index contributed by atoms with van der Waals surface area (Å²) in [7, 11) is 0. The molecule has 0 heterocycles. The number of phenolic OH excluding ortho intramolecular Hbond substituents is 1. The number of hydrogen-bond donors (Lipinski definition) is 1. The Kier molecular flexibility index (Phi) is 4.74. The average molecular weight is 211 g/mol. The van der Waals surface area contributed by atoms with Gasteiger partial charge in [-0.2, -0.15) is 0 Å². The van der Waals surface area contributed by atoms with Crippen LogP contribution in [0.3, 0.4) is 0 Å². The largest absolute Gasteiger partial charge is 0.508 e. The molecule has 0 saturated carbocycles. The van der Waals surface area contributed by atoms with Gasteiger partial charge in [0.25, 0.3) is 0 Å².